The molecule has 0 bridgehead atoms. The number of fused-ring (bicyclic) bond motifs is 1. The SMILES string of the molecule is COC(=O)CC(c1cccc(OCc2ccccc2)c1)c1c(O)c(C(C)=O)cc(C2OCc3cnc(C)c(O)c32)c1O. The molecule has 2 atom stereocenters. The van der Waals surface area contributed by atoms with E-state index in [1.807, 2.05) is 30.3 Å². The van der Waals surface area contributed by atoms with Crippen LogP contribution in [0.2, 0.25) is 0 Å². The van der Waals surface area contributed by atoms with Gasteiger partial charge in [-0.1, -0.05) is 42.5 Å². The maximum absolute atomic E-state index is 12.7. The molecule has 0 aliphatic carbocycles. The number of esters is 1. The Morgan fingerprint density at radius 2 is 1.79 bits per heavy atom. The maximum atomic E-state index is 12.7. The Morgan fingerprint density at radius 1 is 1.02 bits per heavy atom. The van der Waals surface area contributed by atoms with Crippen LogP contribution in [0.5, 0.6) is 23.0 Å². The number of hydrogen-bond donors (Lipinski definition) is 3. The zero-order valence-electron chi connectivity index (χ0n) is 23.5. The molecule has 0 saturated heterocycles. The van der Waals surface area contributed by atoms with Gasteiger partial charge in [0.2, 0.25) is 0 Å². The van der Waals surface area contributed by atoms with Crippen LogP contribution in [0.15, 0.2) is 66.9 Å². The summed E-state index contributed by atoms with van der Waals surface area (Å²) in [6, 6.07) is 17.9. The average Bonchev–Trinajstić information content (AvgIpc) is 3.42. The summed E-state index contributed by atoms with van der Waals surface area (Å²) in [6.45, 7) is 3.37. The highest BCUT2D eigenvalue weighted by molar-refractivity contribution is 5.98. The Balaban J connectivity index is 1.64. The first kappa shape index (κ1) is 28.6. The van der Waals surface area contributed by atoms with Crippen molar-refractivity contribution in [3.05, 3.63) is 111 Å². The van der Waals surface area contributed by atoms with Crippen molar-refractivity contribution in [3.8, 4) is 23.0 Å². The van der Waals surface area contributed by atoms with Gasteiger partial charge in [-0.25, -0.2) is 0 Å². The number of nitrogens with zero attached hydrogens (tertiary/aromatic N) is 1. The molecule has 9 nitrogen and oxygen atoms in total. The lowest BCUT2D eigenvalue weighted by molar-refractivity contribution is -0.140. The van der Waals surface area contributed by atoms with Gasteiger partial charge in [0.1, 0.15) is 35.7 Å². The number of carbonyl (C=O) groups excluding carboxylic acids is 2. The number of ether oxygens (including phenoxy) is 3. The number of aromatic nitrogens is 1. The van der Waals surface area contributed by atoms with Crippen LogP contribution in [-0.2, 0) is 27.5 Å². The highest BCUT2D eigenvalue weighted by atomic mass is 16.5. The third-order valence-electron chi connectivity index (χ3n) is 7.48. The minimum Gasteiger partial charge on any atom is -0.507 e. The zero-order valence-corrected chi connectivity index (χ0v) is 23.5. The number of benzene rings is 3. The topological polar surface area (TPSA) is 135 Å². The molecule has 5 rings (SSSR count). The van der Waals surface area contributed by atoms with Crippen LogP contribution in [-0.4, -0.2) is 39.2 Å². The van der Waals surface area contributed by atoms with Crippen molar-refractivity contribution in [3.63, 3.8) is 0 Å². The Morgan fingerprint density at radius 3 is 2.50 bits per heavy atom. The third kappa shape index (κ3) is 5.51. The van der Waals surface area contributed by atoms with Gasteiger partial charge in [-0.3, -0.25) is 14.6 Å². The molecule has 4 aromatic rings. The fourth-order valence-corrected chi connectivity index (χ4v) is 5.26. The molecule has 1 aromatic heterocycles. The van der Waals surface area contributed by atoms with Gasteiger partial charge in [-0.05, 0) is 43.2 Å². The van der Waals surface area contributed by atoms with Crippen molar-refractivity contribution in [2.45, 2.75) is 45.5 Å². The van der Waals surface area contributed by atoms with Crippen LogP contribution in [0.3, 0.4) is 0 Å². The minimum atomic E-state index is -0.946. The summed E-state index contributed by atoms with van der Waals surface area (Å²) < 4.78 is 16.9. The molecular formula is C33H31NO8. The van der Waals surface area contributed by atoms with Crippen LogP contribution < -0.4 is 4.74 Å². The number of phenols is 2. The van der Waals surface area contributed by atoms with E-state index in [2.05, 4.69) is 4.98 Å². The number of aromatic hydroxyl groups is 3. The lowest BCUT2D eigenvalue weighted by Gasteiger charge is -2.25. The number of ketones is 1. The number of rotatable bonds is 9. The Kier molecular flexibility index (Phi) is 8.13. The monoisotopic (exact) mass is 569 g/mol. The standard InChI is InChI=1S/C33H31NO8/c1-18-30(37)28-22(15-34-18)17-42-33(28)26-13-24(19(2)35)31(38)29(32(26)39)25(14-27(36)40-3)21-10-7-11-23(12-21)41-16-20-8-5-4-6-9-20/h4-13,15,25,33,37-39H,14,16-17H2,1-3H3. The largest absolute Gasteiger partial charge is 0.507 e. The van der Waals surface area contributed by atoms with Gasteiger partial charge in [-0.15, -0.1) is 0 Å². The number of aryl methyl sites for hydroxylation is 1. The second-order valence-electron chi connectivity index (χ2n) is 10.2. The van der Waals surface area contributed by atoms with E-state index in [-0.39, 0.29) is 41.2 Å². The quantitative estimate of drug-likeness (QED) is 0.174. The third-order valence-corrected chi connectivity index (χ3v) is 7.48. The highest BCUT2D eigenvalue weighted by Gasteiger charge is 2.36. The summed E-state index contributed by atoms with van der Waals surface area (Å²) in [6.07, 6.45) is 0.394. The normalized spacial score (nSPS) is 14.7. The Hall–Kier alpha value is -4.89. The molecule has 0 spiro atoms. The molecule has 0 radical (unpaired) electrons. The van der Waals surface area contributed by atoms with Crippen LogP contribution in [0, 0.1) is 6.92 Å². The molecule has 42 heavy (non-hydrogen) atoms. The van der Waals surface area contributed by atoms with E-state index >= 15 is 0 Å². The predicted octanol–water partition coefficient (Wildman–Crippen LogP) is 5.60. The summed E-state index contributed by atoms with van der Waals surface area (Å²) in [5.41, 5.74) is 3.01. The highest BCUT2D eigenvalue weighted by Crippen LogP contribution is 2.50. The summed E-state index contributed by atoms with van der Waals surface area (Å²) in [7, 11) is 1.25. The van der Waals surface area contributed by atoms with Crippen molar-refractivity contribution < 1.29 is 39.1 Å². The number of Topliss-reactive ketones (excluding diaryl/α,β-unsaturated/α-hetero) is 1. The van der Waals surface area contributed by atoms with E-state index in [4.69, 9.17) is 14.2 Å². The Labute approximate surface area is 243 Å². The fourth-order valence-electron chi connectivity index (χ4n) is 5.26. The maximum Gasteiger partial charge on any atom is 0.306 e. The van der Waals surface area contributed by atoms with E-state index < -0.39 is 29.5 Å². The van der Waals surface area contributed by atoms with E-state index in [0.29, 0.717) is 34.7 Å². The van der Waals surface area contributed by atoms with Crippen molar-refractivity contribution >= 4 is 11.8 Å². The lowest BCUT2D eigenvalue weighted by Crippen LogP contribution is -2.14. The smallest absolute Gasteiger partial charge is 0.306 e. The predicted molar refractivity (Wildman–Crippen MR) is 153 cm³/mol. The molecule has 0 fully saturated rings. The summed E-state index contributed by atoms with van der Waals surface area (Å²) >= 11 is 0. The molecule has 0 amide bonds. The Bertz CT molecular complexity index is 1650. The molecule has 1 aliphatic heterocycles. The zero-order chi connectivity index (χ0) is 30.0. The van der Waals surface area contributed by atoms with Gasteiger partial charge in [0.05, 0.1) is 31.4 Å². The number of carbonyl (C=O) groups is 2. The van der Waals surface area contributed by atoms with Crippen molar-refractivity contribution in [2.24, 2.45) is 0 Å². The molecule has 216 valence electrons. The van der Waals surface area contributed by atoms with Gasteiger partial charge in [0.15, 0.2) is 5.78 Å². The molecular weight excluding hydrogens is 538 g/mol. The first-order valence-electron chi connectivity index (χ1n) is 13.4. The molecule has 0 saturated carbocycles. The van der Waals surface area contributed by atoms with E-state index in [9.17, 15) is 24.9 Å². The molecule has 3 N–H and O–H groups in total. The van der Waals surface area contributed by atoms with E-state index in [1.54, 1.807) is 37.4 Å². The van der Waals surface area contributed by atoms with Crippen LogP contribution >= 0.6 is 0 Å². The summed E-state index contributed by atoms with van der Waals surface area (Å²) in [5.74, 6) is -2.37. The molecule has 9 heteroatoms. The van der Waals surface area contributed by atoms with Crippen LogP contribution in [0.1, 0.15) is 74.8 Å². The first-order valence-corrected chi connectivity index (χ1v) is 13.4. The number of pyridine rings is 1. The summed E-state index contributed by atoms with van der Waals surface area (Å²) in [4.78, 5) is 29.5. The number of phenolic OH excluding ortho intramolecular Hbond substituents is 2. The van der Waals surface area contributed by atoms with Crippen molar-refractivity contribution in [1.29, 1.82) is 0 Å². The van der Waals surface area contributed by atoms with Gasteiger partial charge < -0.3 is 29.5 Å². The van der Waals surface area contributed by atoms with Gasteiger partial charge in [0.25, 0.3) is 0 Å². The fraction of sp³-hybridized carbons (Fsp3) is 0.242. The molecule has 2 unspecified atom stereocenters. The van der Waals surface area contributed by atoms with Crippen molar-refractivity contribution in [2.75, 3.05) is 7.11 Å². The van der Waals surface area contributed by atoms with Gasteiger partial charge in [0, 0.05) is 34.4 Å². The molecule has 3 aromatic carbocycles. The second kappa shape index (κ2) is 11.9. The van der Waals surface area contributed by atoms with Crippen LogP contribution in [0.25, 0.3) is 0 Å². The second-order valence-corrected chi connectivity index (χ2v) is 10.2. The van der Waals surface area contributed by atoms with E-state index in [0.717, 1.165) is 5.56 Å². The van der Waals surface area contributed by atoms with Gasteiger partial charge >= 0.3 is 5.97 Å². The number of hydrogen-bond acceptors (Lipinski definition) is 9. The average molecular weight is 570 g/mol. The minimum absolute atomic E-state index is 0.0365. The van der Waals surface area contributed by atoms with Crippen LogP contribution in [0.4, 0.5) is 0 Å². The van der Waals surface area contributed by atoms with Gasteiger partial charge in [-0.2, -0.15) is 0 Å². The van der Waals surface area contributed by atoms with Crippen molar-refractivity contribution in [1.82, 2.24) is 4.98 Å². The molecule has 1 aliphatic rings. The first-order chi connectivity index (χ1) is 20.2. The summed E-state index contributed by atoms with van der Waals surface area (Å²) in [5, 5.41) is 33.9. The van der Waals surface area contributed by atoms with E-state index in [1.165, 1.54) is 20.1 Å². The number of methoxy groups -OCH3 is 1. The lowest BCUT2D eigenvalue weighted by atomic mass is 9.83. The molecule has 2 heterocycles.